The summed E-state index contributed by atoms with van der Waals surface area (Å²) in [5.41, 5.74) is 1.30. The van der Waals surface area contributed by atoms with Gasteiger partial charge in [0.15, 0.2) is 5.16 Å². The average Bonchev–Trinajstić information content (AvgIpc) is 2.61. The van der Waals surface area contributed by atoms with E-state index in [9.17, 15) is 9.59 Å². The van der Waals surface area contributed by atoms with E-state index in [1.165, 1.54) is 11.8 Å². The van der Waals surface area contributed by atoms with E-state index in [-0.39, 0.29) is 22.8 Å². The van der Waals surface area contributed by atoms with Crippen molar-refractivity contribution in [3.8, 4) is 0 Å². The Kier molecular flexibility index (Phi) is 5.48. The summed E-state index contributed by atoms with van der Waals surface area (Å²) < 4.78 is 1.62. The molecule has 1 aromatic heterocycles. The second-order valence-corrected chi connectivity index (χ2v) is 9.22. The molecule has 3 rings (SSSR count). The van der Waals surface area contributed by atoms with E-state index < -0.39 is 0 Å². The normalized spacial score (nSPS) is 16.8. The van der Waals surface area contributed by atoms with E-state index in [1.807, 2.05) is 51.3 Å². The summed E-state index contributed by atoms with van der Waals surface area (Å²) in [6, 6.07) is 9.35. The molecule has 5 nitrogen and oxygen atoms in total. The molecule has 1 unspecified atom stereocenters. The summed E-state index contributed by atoms with van der Waals surface area (Å²) in [6.45, 7) is 6.49. The lowest BCUT2D eigenvalue weighted by molar-refractivity contribution is -0.119. The van der Waals surface area contributed by atoms with Gasteiger partial charge in [-0.2, -0.15) is 0 Å². The molecule has 0 saturated carbocycles. The summed E-state index contributed by atoms with van der Waals surface area (Å²) >= 11 is 3.13. The molecule has 0 radical (unpaired) electrons. The monoisotopic (exact) mass is 389 g/mol. The Morgan fingerprint density at radius 3 is 2.62 bits per heavy atom. The van der Waals surface area contributed by atoms with E-state index in [0.717, 1.165) is 16.3 Å². The van der Waals surface area contributed by atoms with Crippen molar-refractivity contribution in [1.82, 2.24) is 9.55 Å². The summed E-state index contributed by atoms with van der Waals surface area (Å²) in [5, 5.41) is 3.66. The Morgan fingerprint density at radius 2 is 2.00 bits per heavy atom. The second kappa shape index (κ2) is 7.48. The molecule has 0 fully saturated rings. The molecule has 0 saturated heterocycles. The fourth-order valence-electron chi connectivity index (χ4n) is 2.67. The predicted octanol–water partition coefficient (Wildman–Crippen LogP) is 3.62. The smallest absolute Gasteiger partial charge is 0.254 e. The molecular formula is C19H23N3O2S2. The number of rotatable bonds is 3. The maximum atomic E-state index is 12.6. The molecule has 1 aromatic carbocycles. The maximum absolute atomic E-state index is 12.6. The van der Waals surface area contributed by atoms with Crippen LogP contribution >= 0.6 is 23.5 Å². The second-order valence-electron chi connectivity index (χ2n) is 7.35. The van der Waals surface area contributed by atoms with Crippen LogP contribution in [0.2, 0.25) is 0 Å². The topological polar surface area (TPSA) is 64.0 Å². The summed E-state index contributed by atoms with van der Waals surface area (Å²) in [5.74, 6) is 0.300. The number of hydrogen-bond acceptors (Lipinski definition) is 5. The SMILES string of the molecule is CSc1ccc(NC(=O)C2CSc3nc(C(C)(C)C)cc(=O)n3C2)cc1. The van der Waals surface area contributed by atoms with Gasteiger partial charge in [-0.25, -0.2) is 4.98 Å². The third-order valence-corrected chi connectivity index (χ3v) is 6.17. The van der Waals surface area contributed by atoms with Gasteiger partial charge in [0.1, 0.15) is 0 Å². The van der Waals surface area contributed by atoms with Gasteiger partial charge >= 0.3 is 0 Å². The van der Waals surface area contributed by atoms with Crippen molar-refractivity contribution in [3.63, 3.8) is 0 Å². The minimum atomic E-state index is -0.257. The molecule has 1 amide bonds. The number of aromatic nitrogens is 2. The van der Waals surface area contributed by atoms with Crippen LogP contribution in [-0.2, 0) is 16.8 Å². The van der Waals surface area contributed by atoms with E-state index in [4.69, 9.17) is 0 Å². The number of carbonyl (C=O) groups is 1. The molecule has 1 aliphatic rings. The first-order valence-electron chi connectivity index (χ1n) is 8.48. The van der Waals surface area contributed by atoms with Gasteiger partial charge in [0.05, 0.1) is 11.6 Å². The first-order valence-corrected chi connectivity index (χ1v) is 10.7. The number of carbonyl (C=O) groups excluding carboxylic acids is 1. The number of nitrogens with one attached hydrogen (secondary N) is 1. The van der Waals surface area contributed by atoms with Gasteiger partial charge in [0.2, 0.25) is 5.91 Å². The Morgan fingerprint density at radius 1 is 1.31 bits per heavy atom. The Balaban J connectivity index is 1.75. The van der Waals surface area contributed by atoms with Crippen molar-refractivity contribution < 1.29 is 4.79 Å². The van der Waals surface area contributed by atoms with Gasteiger partial charge in [-0.3, -0.25) is 14.2 Å². The Labute approximate surface area is 162 Å². The first-order chi connectivity index (χ1) is 12.3. The van der Waals surface area contributed by atoms with Gasteiger partial charge in [-0.05, 0) is 30.5 Å². The minimum absolute atomic E-state index is 0.0631. The number of benzene rings is 1. The van der Waals surface area contributed by atoms with Crippen molar-refractivity contribution in [3.05, 3.63) is 46.4 Å². The highest BCUT2D eigenvalue weighted by atomic mass is 32.2. The molecule has 1 atom stereocenters. The predicted molar refractivity (Wildman–Crippen MR) is 108 cm³/mol. The number of thioether (sulfide) groups is 2. The van der Waals surface area contributed by atoms with E-state index >= 15 is 0 Å². The molecule has 1 aliphatic heterocycles. The fourth-order valence-corrected chi connectivity index (χ4v) is 4.17. The number of amides is 1. The van der Waals surface area contributed by atoms with Crippen LogP contribution < -0.4 is 10.9 Å². The van der Waals surface area contributed by atoms with Crippen molar-refractivity contribution in [2.45, 2.75) is 42.8 Å². The number of nitrogens with zero attached hydrogens (tertiary/aromatic N) is 2. The van der Waals surface area contributed by atoms with Crippen LogP contribution in [-0.4, -0.2) is 27.5 Å². The average molecular weight is 390 g/mol. The standard InChI is InChI=1S/C19H23N3O2S2/c1-19(2,3)15-9-16(23)22-10-12(11-26-18(22)21-15)17(24)20-13-5-7-14(25-4)8-6-13/h5-9,12H,10-11H2,1-4H3,(H,20,24). The highest BCUT2D eigenvalue weighted by Gasteiger charge is 2.28. The van der Waals surface area contributed by atoms with Gasteiger partial charge in [-0.15, -0.1) is 11.8 Å². The number of hydrogen-bond donors (Lipinski definition) is 1. The number of anilines is 1. The highest BCUT2D eigenvalue weighted by Crippen LogP contribution is 2.28. The van der Waals surface area contributed by atoms with Gasteiger partial charge < -0.3 is 5.32 Å². The molecular weight excluding hydrogens is 366 g/mol. The van der Waals surface area contributed by atoms with Crippen LogP contribution in [0.1, 0.15) is 26.5 Å². The van der Waals surface area contributed by atoms with Crippen LogP contribution in [0.25, 0.3) is 0 Å². The van der Waals surface area contributed by atoms with Crippen LogP contribution in [0.3, 0.4) is 0 Å². The lowest BCUT2D eigenvalue weighted by Gasteiger charge is -2.26. The first kappa shape index (κ1) is 19.0. The van der Waals surface area contributed by atoms with E-state index in [0.29, 0.717) is 17.5 Å². The van der Waals surface area contributed by atoms with Crippen molar-refractivity contribution in [2.75, 3.05) is 17.3 Å². The summed E-state index contributed by atoms with van der Waals surface area (Å²) in [7, 11) is 0. The van der Waals surface area contributed by atoms with E-state index in [1.54, 1.807) is 22.4 Å². The molecule has 2 heterocycles. The Bertz CT molecular complexity index is 870. The maximum Gasteiger partial charge on any atom is 0.254 e. The Hall–Kier alpha value is -1.73. The van der Waals surface area contributed by atoms with Crippen molar-refractivity contribution in [2.24, 2.45) is 5.92 Å². The molecule has 0 spiro atoms. The number of fused-ring (bicyclic) bond motifs is 1. The largest absolute Gasteiger partial charge is 0.326 e. The molecule has 2 aromatic rings. The summed E-state index contributed by atoms with van der Waals surface area (Å²) in [6.07, 6.45) is 2.02. The minimum Gasteiger partial charge on any atom is -0.326 e. The van der Waals surface area contributed by atoms with Crippen LogP contribution in [0, 0.1) is 5.92 Å². The lowest BCUT2D eigenvalue weighted by Crippen LogP contribution is -2.37. The van der Waals surface area contributed by atoms with Gasteiger partial charge in [0.25, 0.3) is 5.56 Å². The lowest BCUT2D eigenvalue weighted by atomic mass is 9.92. The van der Waals surface area contributed by atoms with Crippen LogP contribution in [0.4, 0.5) is 5.69 Å². The van der Waals surface area contributed by atoms with Crippen molar-refractivity contribution >= 4 is 35.1 Å². The highest BCUT2D eigenvalue weighted by molar-refractivity contribution is 7.99. The molecule has 1 N–H and O–H groups in total. The molecule has 0 aliphatic carbocycles. The quantitative estimate of drug-likeness (QED) is 0.642. The molecule has 138 valence electrons. The van der Waals surface area contributed by atoms with Gasteiger partial charge in [-0.1, -0.05) is 32.5 Å². The third kappa shape index (κ3) is 4.15. The third-order valence-electron chi connectivity index (χ3n) is 4.29. The zero-order chi connectivity index (χ0) is 18.9. The van der Waals surface area contributed by atoms with Crippen LogP contribution in [0.5, 0.6) is 0 Å². The van der Waals surface area contributed by atoms with E-state index in [2.05, 4.69) is 10.3 Å². The summed E-state index contributed by atoms with van der Waals surface area (Å²) in [4.78, 5) is 30.9. The zero-order valence-electron chi connectivity index (χ0n) is 15.4. The molecule has 7 heteroatoms. The molecule has 0 bridgehead atoms. The molecule has 26 heavy (non-hydrogen) atoms. The van der Waals surface area contributed by atoms with Gasteiger partial charge in [0, 0.05) is 34.4 Å². The zero-order valence-corrected chi connectivity index (χ0v) is 17.0. The fraction of sp³-hybridized carbons (Fsp3) is 0.421. The van der Waals surface area contributed by atoms with Crippen LogP contribution in [0.15, 0.2) is 45.2 Å². The van der Waals surface area contributed by atoms with Crippen molar-refractivity contribution in [1.29, 1.82) is 0 Å².